The van der Waals surface area contributed by atoms with Crippen molar-refractivity contribution < 1.29 is 8.42 Å². The number of nitrogens with zero attached hydrogens (tertiary/aromatic N) is 2. The standard InChI is InChI=1S/C8H17N5O2S/c1-2-9-4-3-5-16(14,15)12-6-8-10-7-11-13-8/h7,9,12H,2-6H2,1H3,(H,10,11,13). The van der Waals surface area contributed by atoms with E-state index < -0.39 is 10.0 Å². The summed E-state index contributed by atoms with van der Waals surface area (Å²) >= 11 is 0. The summed E-state index contributed by atoms with van der Waals surface area (Å²) in [6, 6.07) is 0. The summed E-state index contributed by atoms with van der Waals surface area (Å²) in [7, 11) is -3.22. The highest BCUT2D eigenvalue weighted by molar-refractivity contribution is 7.89. The third-order valence-corrected chi connectivity index (χ3v) is 3.35. The molecule has 0 aliphatic heterocycles. The Morgan fingerprint density at radius 1 is 1.50 bits per heavy atom. The number of nitrogens with one attached hydrogen (secondary N) is 3. The van der Waals surface area contributed by atoms with Gasteiger partial charge in [-0.1, -0.05) is 6.92 Å². The van der Waals surface area contributed by atoms with Crippen molar-refractivity contribution in [3.63, 3.8) is 0 Å². The molecule has 0 fully saturated rings. The van der Waals surface area contributed by atoms with Gasteiger partial charge in [0.15, 0.2) is 0 Å². The normalized spacial score (nSPS) is 11.8. The van der Waals surface area contributed by atoms with Gasteiger partial charge in [0, 0.05) is 0 Å². The van der Waals surface area contributed by atoms with Gasteiger partial charge in [-0.25, -0.2) is 18.1 Å². The molecule has 7 nitrogen and oxygen atoms in total. The molecular formula is C8H17N5O2S. The van der Waals surface area contributed by atoms with Gasteiger partial charge in [-0.05, 0) is 19.5 Å². The predicted molar refractivity (Wildman–Crippen MR) is 60.2 cm³/mol. The first-order chi connectivity index (χ1) is 7.64. The lowest BCUT2D eigenvalue weighted by Crippen LogP contribution is -2.28. The number of rotatable bonds is 8. The van der Waals surface area contributed by atoms with Gasteiger partial charge in [-0.2, -0.15) is 5.10 Å². The smallest absolute Gasteiger partial charge is 0.212 e. The molecule has 0 spiro atoms. The maximum Gasteiger partial charge on any atom is 0.212 e. The Balaban J connectivity index is 2.23. The number of H-pyrrole nitrogens is 1. The van der Waals surface area contributed by atoms with Crippen LogP contribution in [0.25, 0.3) is 0 Å². The highest BCUT2D eigenvalue weighted by Crippen LogP contribution is 1.92. The molecular weight excluding hydrogens is 230 g/mol. The van der Waals surface area contributed by atoms with Crippen molar-refractivity contribution >= 4 is 10.0 Å². The quantitative estimate of drug-likeness (QED) is 0.523. The fourth-order valence-corrected chi connectivity index (χ4v) is 2.16. The van der Waals surface area contributed by atoms with E-state index in [1.54, 1.807) is 0 Å². The van der Waals surface area contributed by atoms with E-state index in [4.69, 9.17) is 0 Å². The third kappa shape index (κ3) is 5.19. The lowest BCUT2D eigenvalue weighted by molar-refractivity contribution is 0.574. The zero-order valence-electron chi connectivity index (χ0n) is 9.23. The summed E-state index contributed by atoms with van der Waals surface area (Å²) in [5, 5.41) is 9.28. The van der Waals surface area contributed by atoms with Crippen LogP contribution in [0.1, 0.15) is 19.2 Å². The molecule has 0 atom stereocenters. The maximum absolute atomic E-state index is 11.5. The zero-order chi connectivity index (χ0) is 11.9. The molecule has 0 aromatic carbocycles. The Hall–Kier alpha value is -0.990. The van der Waals surface area contributed by atoms with Crippen LogP contribution in [-0.4, -0.2) is 42.4 Å². The summed E-state index contributed by atoms with van der Waals surface area (Å²) in [5.41, 5.74) is 0. The maximum atomic E-state index is 11.5. The fraction of sp³-hybridized carbons (Fsp3) is 0.750. The number of hydrogen-bond acceptors (Lipinski definition) is 5. The second-order valence-electron chi connectivity index (χ2n) is 3.28. The van der Waals surface area contributed by atoms with E-state index in [2.05, 4.69) is 25.2 Å². The van der Waals surface area contributed by atoms with E-state index in [1.165, 1.54) is 6.33 Å². The third-order valence-electron chi connectivity index (χ3n) is 1.94. The molecule has 0 aliphatic rings. The molecule has 0 bridgehead atoms. The Morgan fingerprint density at radius 3 is 2.94 bits per heavy atom. The largest absolute Gasteiger partial charge is 0.317 e. The van der Waals surface area contributed by atoms with E-state index in [9.17, 15) is 8.42 Å². The molecule has 1 rings (SSSR count). The molecule has 3 N–H and O–H groups in total. The van der Waals surface area contributed by atoms with Crippen LogP contribution >= 0.6 is 0 Å². The van der Waals surface area contributed by atoms with E-state index in [-0.39, 0.29) is 12.3 Å². The van der Waals surface area contributed by atoms with Gasteiger partial charge in [0.2, 0.25) is 10.0 Å². The van der Waals surface area contributed by atoms with Gasteiger partial charge in [0.25, 0.3) is 0 Å². The number of hydrogen-bond donors (Lipinski definition) is 3. The predicted octanol–water partition coefficient (Wildman–Crippen LogP) is -0.776. The second-order valence-corrected chi connectivity index (χ2v) is 5.21. The van der Waals surface area contributed by atoms with Gasteiger partial charge in [0.1, 0.15) is 12.2 Å². The van der Waals surface area contributed by atoms with Crippen molar-refractivity contribution in [2.75, 3.05) is 18.8 Å². The Kier molecular flexibility index (Phi) is 5.36. The SMILES string of the molecule is CCNCCCS(=O)(=O)NCc1ncn[nH]1. The number of aromatic amines is 1. The van der Waals surface area contributed by atoms with Gasteiger partial charge >= 0.3 is 0 Å². The van der Waals surface area contributed by atoms with E-state index in [1.807, 2.05) is 6.92 Å². The molecule has 1 aromatic rings. The molecule has 8 heteroatoms. The fourth-order valence-electron chi connectivity index (χ4n) is 1.13. The highest BCUT2D eigenvalue weighted by atomic mass is 32.2. The Labute approximate surface area is 95.1 Å². The van der Waals surface area contributed by atoms with E-state index >= 15 is 0 Å². The molecule has 0 radical (unpaired) electrons. The van der Waals surface area contributed by atoms with Crippen molar-refractivity contribution in [1.29, 1.82) is 0 Å². The van der Waals surface area contributed by atoms with Gasteiger partial charge in [-0.15, -0.1) is 0 Å². The minimum Gasteiger partial charge on any atom is -0.317 e. The minimum absolute atomic E-state index is 0.119. The van der Waals surface area contributed by atoms with Crippen molar-refractivity contribution in [3.05, 3.63) is 12.2 Å². The molecule has 0 aliphatic carbocycles. The van der Waals surface area contributed by atoms with E-state index in [0.29, 0.717) is 18.8 Å². The van der Waals surface area contributed by atoms with E-state index in [0.717, 1.165) is 6.54 Å². The van der Waals surface area contributed by atoms with Crippen LogP contribution in [0.2, 0.25) is 0 Å². The summed E-state index contributed by atoms with van der Waals surface area (Å²) in [5.74, 6) is 0.629. The van der Waals surface area contributed by atoms with Crippen molar-refractivity contribution in [3.8, 4) is 0 Å². The summed E-state index contributed by atoms with van der Waals surface area (Å²) in [6.45, 7) is 3.70. The topological polar surface area (TPSA) is 99.8 Å². The first-order valence-corrected chi connectivity index (χ1v) is 6.81. The van der Waals surface area contributed by atoms with Crippen molar-refractivity contribution in [2.45, 2.75) is 19.9 Å². The summed E-state index contributed by atoms with van der Waals surface area (Å²) in [4.78, 5) is 3.82. The average molecular weight is 247 g/mol. The Morgan fingerprint density at radius 2 is 2.31 bits per heavy atom. The monoisotopic (exact) mass is 247 g/mol. The van der Waals surface area contributed by atoms with Crippen LogP contribution in [0.5, 0.6) is 0 Å². The lowest BCUT2D eigenvalue weighted by atomic mass is 10.5. The molecule has 1 heterocycles. The van der Waals surface area contributed by atoms with Gasteiger partial charge in [0.05, 0.1) is 12.3 Å². The molecule has 0 saturated heterocycles. The Bertz CT molecular complexity index is 375. The molecule has 92 valence electrons. The first kappa shape index (κ1) is 13.1. The van der Waals surface area contributed by atoms with Gasteiger partial charge < -0.3 is 5.32 Å². The molecule has 0 unspecified atom stereocenters. The summed E-state index contributed by atoms with van der Waals surface area (Å²) in [6.07, 6.45) is 1.94. The van der Waals surface area contributed by atoms with Crippen LogP contribution in [-0.2, 0) is 16.6 Å². The average Bonchev–Trinajstić information content (AvgIpc) is 2.75. The van der Waals surface area contributed by atoms with Crippen LogP contribution in [0.4, 0.5) is 0 Å². The highest BCUT2D eigenvalue weighted by Gasteiger charge is 2.09. The second kappa shape index (κ2) is 6.56. The van der Waals surface area contributed by atoms with Crippen molar-refractivity contribution in [2.24, 2.45) is 0 Å². The van der Waals surface area contributed by atoms with Gasteiger partial charge in [-0.3, -0.25) is 5.10 Å². The molecule has 0 saturated carbocycles. The summed E-state index contributed by atoms with van der Waals surface area (Å²) < 4.78 is 25.4. The van der Waals surface area contributed by atoms with Crippen molar-refractivity contribution in [1.82, 2.24) is 25.2 Å². The molecule has 1 aromatic heterocycles. The molecule has 0 amide bonds. The number of sulfonamides is 1. The first-order valence-electron chi connectivity index (χ1n) is 5.16. The number of aromatic nitrogens is 3. The van der Waals surface area contributed by atoms with Crippen LogP contribution < -0.4 is 10.0 Å². The van der Waals surface area contributed by atoms with Crippen LogP contribution in [0.3, 0.4) is 0 Å². The molecule has 16 heavy (non-hydrogen) atoms. The zero-order valence-corrected chi connectivity index (χ0v) is 10.0. The minimum atomic E-state index is -3.22. The van der Waals surface area contributed by atoms with Crippen LogP contribution in [0, 0.1) is 0 Å². The lowest BCUT2D eigenvalue weighted by Gasteiger charge is -2.05. The van der Waals surface area contributed by atoms with Crippen LogP contribution in [0.15, 0.2) is 6.33 Å².